The molecular weight excluding hydrogens is 204 g/mol. The third-order valence-electron chi connectivity index (χ3n) is 2.23. The van der Waals surface area contributed by atoms with Gasteiger partial charge in [-0.15, -0.1) is 0 Å². The Balaban J connectivity index is 2.27. The number of hydrogen-bond donors (Lipinski definition) is 1. The van der Waals surface area contributed by atoms with Gasteiger partial charge in [-0.2, -0.15) is 0 Å². The van der Waals surface area contributed by atoms with Crippen molar-refractivity contribution >= 4 is 5.82 Å². The van der Waals surface area contributed by atoms with Crippen LogP contribution in [-0.4, -0.2) is 21.6 Å². The number of aromatic nitrogens is 3. The predicted octanol–water partition coefficient (Wildman–Crippen LogP) is 0.728. The van der Waals surface area contributed by atoms with Crippen molar-refractivity contribution in [3.8, 4) is 0 Å². The van der Waals surface area contributed by atoms with Crippen LogP contribution in [0.15, 0.2) is 41.7 Å². The molecule has 16 heavy (non-hydrogen) atoms. The lowest BCUT2D eigenvalue weighted by Crippen LogP contribution is -2.19. The molecule has 1 N–H and O–H groups in total. The van der Waals surface area contributed by atoms with E-state index in [1.807, 2.05) is 19.2 Å². The zero-order valence-electron chi connectivity index (χ0n) is 8.92. The van der Waals surface area contributed by atoms with Gasteiger partial charge in [-0.3, -0.25) is 9.36 Å². The third kappa shape index (κ3) is 2.25. The molecule has 0 radical (unpaired) electrons. The van der Waals surface area contributed by atoms with Crippen LogP contribution in [0.2, 0.25) is 0 Å². The summed E-state index contributed by atoms with van der Waals surface area (Å²) in [5, 5.41) is 2.95. The second kappa shape index (κ2) is 4.57. The Kier molecular flexibility index (Phi) is 2.95. The molecule has 2 heterocycles. The summed E-state index contributed by atoms with van der Waals surface area (Å²) in [5.74, 6) is 0.787. The summed E-state index contributed by atoms with van der Waals surface area (Å²) in [6.45, 7) is 0.504. The Hall–Kier alpha value is -2.17. The molecule has 0 amide bonds. The van der Waals surface area contributed by atoms with E-state index >= 15 is 0 Å². The summed E-state index contributed by atoms with van der Waals surface area (Å²) in [6, 6.07) is 5.22. The minimum Gasteiger partial charge on any atom is -0.373 e. The maximum Gasteiger partial charge on any atom is 0.253 e. The van der Waals surface area contributed by atoms with Crippen molar-refractivity contribution in [2.75, 3.05) is 12.4 Å². The van der Waals surface area contributed by atoms with E-state index in [-0.39, 0.29) is 5.56 Å². The molecular formula is C11H12N4O. The Morgan fingerprint density at radius 1 is 1.38 bits per heavy atom. The standard InChI is InChI=1S/C11H12N4O/c1-12-10-6-9(2-5-14-10)7-15-8-13-4-3-11(15)16/h2-6,8H,7H2,1H3,(H,12,14). The van der Waals surface area contributed by atoms with Crippen LogP contribution in [0.5, 0.6) is 0 Å². The SMILES string of the molecule is CNc1cc(Cn2cnccc2=O)ccn1. The van der Waals surface area contributed by atoms with E-state index in [1.165, 1.54) is 18.6 Å². The Bertz CT molecular complexity index is 535. The van der Waals surface area contributed by atoms with Crippen molar-refractivity contribution in [3.05, 3.63) is 52.8 Å². The van der Waals surface area contributed by atoms with Crippen LogP contribution < -0.4 is 10.9 Å². The van der Waals surface area contributed by atoms with Crippen molar-refractivity contribution in [3.63, 3.8) is 0 Å². The number of pyridine rings is 1. The van der Waals surface area contributed by atoms with Crippen molar-refractivity contribution in [1.29, 1.82) is 0 Å². The summed E-state index contributed by atoms with van der Waals surface area (Å²) in [4.78, 5) is 19.5. The highest BCUT2D eigenvalue weighted by Crippen LogP contribution is 2.06. The van der Waals surface area contributed by atoms with E-state index in [9.17, 15) is 4.79 Å². The molecule has 0 aliphatic heterocycles. The minimum absolute atomic E-state index is 0.0576. The van der Waals surface area contributed by atoms with Gasteiger partial charge in [0.05, 0.1) is 12.9 Å². The molecule has 0 atom stereocenters. The van der Waals surface area contributed by atoms with Crippen molar-refractivity contribution in [1.82, 2.24) is 14.5 Å². The maximum atomic E-state index is 11.5. The average molecular weight is 216 g/mol. The molecule has 5 nitrogen and oxygen atoms in total. The van der Waals surface area contributed by atoms with Crippen LogP contribution in [0.4, 0.5) is 5.82 Å². The monoisotopic (exact) mass is 216 g/mol. The third-order valence-corrected chi connectivity index (χ3v) is 2.23. The lowest BCUT2D eigenvalue weighted by Gasteiger charge is -2.05. The summed E-state index contributed by atoms with van der Waals surface area (Å²) in [5.41, 5.74) is 0.951. The van der Waals surface area contributed by atoms with Crippen LogP contribution in [0.25, 0.3) is 0 Å². The first-order valence-corrected chi connectivity index (χ1v) is 4.93. The van der Waals surface area contributed by atoms with Crippen LogP contribution in [0.1, 0.15) is 5.56 Å². The topological polar surface area (TPSA) is 59.8 Å². The van der Waals surface area contributed by atoms with Crippen LogP contribution in [0, 0.1) is 0 Å². The second-order valence-corrected chi connectivity index (χ2v) is 3.35. The lowest BCUT2D eigenvalue weighted by atomic mass is 10.2. The smallest absolute Gasteiger partial charge is 0.253 e. The van der Waals surface area contributed by atoms with Gasteiger partial charge < -0.3 is 5.32 Å². The molecule has 0 fully saturated rings. The largest absolute Gasteiger partial charge is 0.373 e. The Morgan fingerprint density at radius 2 is 2.25 bits per heavy atom. The molecule has 0 aliphatic rings. The molecule has 2 rings (SSSR count). The summed E-state index contributed by atoms with van der Waals surface area (Å²) < 4.78 is 1.55. The van der Waals surface area contributed by atoms with Gasteiger partial charge in [0.2, 0.25) is 0 Å². The summed E-state index contributed by atoms with van der Waals surface area (Å²) in [6.07, 6.45) is 4.73. The van der Waals surface area contributed by atoms with Gasteiger partial charge in [0.1, 0.15) is 5.82 Å². The van der Waals surface area contributed by atoms with E-state index in [4.69, 9.17) is 0 Å². The number of hydrogen-bond acceptors (Lipinski definition) is 4. The average Bonchev–Trinajstić information content (AvgIpc) is 2.32. The molecule has 2 aromatic rings. The molecule has 0 saturated heterocycles. The highest BCUT2D eigenvalue weighted by molar-refractivity contribution is 5.36. The van der Waals surface area contributed by atoms with Crippen LogP contribution >= 0.6 is 0 Å². The van der Waals surface area contributed by atoms with Gasteiger partial charge in [-0.25, -0.2) is 9.97 Å². The van der Waals surface area contributed by atoms with Gasteiger partial charge in [0, 0.05) is 25.5 Å². The van der Waals surface area contributed by atoms with Crippen molar-refractivity contribution in [2.45, 2.75) is 6.54 Å². The Labute approximate surface area is 92.8 Å². The zero-order valence-corrected chi connectivity index (χ0v) is 8.92. The quantitative estimate of drug-likeness (QED) is 0.821. The van der Waals surface area contributed by atoms with Gasteiger partial charge in [-0.1, -0.05) is 0 Å². The minimum atomic E-state index is -0.0576. The first-order chi connectivity index (χ1) is 7.79. The first-order valence-electron chi connectivity index (χ1n) is 4.93. The molecule has 0 aromatic carbocycles. The number of anilines is 1. The summed E-state index contributed by atoms with van der Waals surface area (Å²) >= 11 is 0. The maximum absolute atomic E-state index is 11.5. The van der Waals surface area contributed by atoms with Gasteiger partial charge in [0.25, 0.3) is 5.56 Å². The van der Waals surface area contributed by atoms with Gasteiger partial charge in [0.15, 0.2) is 0 Å². The number of nitrogens with one attached hydrogen (secondary N) is 1. The number of nitrogens with zero attached hydrogens (tertiary/aromatic N) is 3. The zero-order chi connectivity index (χ0) is 11.4. The highest BCUT2D eigenvalue weighted by atomic mass is 16.1. The number of rotatable bonds is 3. The predicted molar refractivity (Wildman–Crippen MR) is 61.4 cm³/mol. The van der Waals surface area contributed by atoms with E-state index in [0.717, 1.165) is 11.4 Å². The normalized spacial score (nSPS) is 10.1. The van der Waals surface area contributed by atoms with Crippen molar-refractivity contribution in [2.24, 2.45) is 0 Å². The molecule has 82 valence electrons. The molecule has 5 heteroatoms. The van der Waals surface area contributed by atoms with E-state index < -0.39 is 0 Å². The lowest BCUT2D eigenvalue weighted by molar-refractivity contribution is 0.735. The Morgan fingerprint density at radius 3 is 3.00 bits per heavy atom. The fourth-order valence-corrected chi connectivity index (χ4v) is 1.40. The second-order valence-electron chi connectivity index (χ2n) is 3.35. The molecule has 0 saturated carbocycles. The van der Waals surface area contributed by atoms with E-state index in [0.29, 0.717) is 6.54 Å². The highest BCUT2D eigenvalue weighted by Gasteiger charge is 1.98. The van der Waals surface area contributed by atoms with Gasteiger partial charge in [-0.05, 0) is 17.7 Å². The van der Waals surface area contributed by atoms with E-state index in [2.05, 4.69) is 15.3 Å². The molecule has 0 spiro atoms. The van der Waals surface area contributed by atoms with Crippen LogP contribution in [-0.2, 0) is 6.54 Å². The molecule has 0 aliphatic carbocycles. The van der Waals surface area contributed by atoms with Crippen molar-refractivity contribution < 1.29 is 0 Å². The summed E-state index contributed by atoms with van der Waals surface area (Å²) in [7, 11) is 1.81. The fraction of sp³-hybridized carbons (Fsp3) is 0.182. The van der Waals surface area contributed by atoms with E-state index in [1.54, 1.807) is 10.8 Å². The first kappa shape index (κ1) is 10.4. The molecule has 0 unspecified atom stereocenters. The molecule has 2 aromatic heterocycles. The molecule has 0 bridgehead atoms. The fourth-order valence-electron chi connectivity index (χ4n) is 1.40. The van der Waals surface area contributed by atoms with Gasteiger partial charge >= 0.3 is 0 Å². The van der Waals surface area contributed by atoms with Crippen LogP contribution in [0.3, 0.4) is 0 Å².